The zero-order valence-electron chi connectivity index (χ0n) is 6.23. The molecule has 1 aliphatic heterocycles. The number of nitrogens with one attached hydrogen (secondary N) is 1. The summed E-state index contributed by atoms with van der Waals surface area (Å²) in [5.41, 5.74) is -0.572. The molecule has 0 saturated carbocycles. The van der Waals surface area contributed by atoms with Gasteiger partial charge in [-0.05, 0) is 20.3 Å². The van der Waals surface area contributed by atoms with Crippen molar-refractivity contribution in [1.82, 2.24) is 5.32 Å². The molecule has 1 heterocycles. The van der Waals surface area contributed by atoms with Gasteiger partial charge in [-0.15, -0.1) is 0 Å². The van der Waals surface area contributed by atoms with Gasteiger partial charge in [-0.25, -0.2) is 0 Å². The van der Waals surface area contributed by atoms with Gasteiger partial charge < -0.3 is 5.32 Å². The van der Waals surface area contributed by atoms with Crippen molar-refractivity contribution >= 4 is 11.7 Å². The molecule has 0 aromatic heterocycles. The van der Waals surface area contributed by atoms with E-state index in [1.807, 2.05) is 0 Å². The van der Waals surface area contributed by atoms with Gasteiger partial charge in [0, 0.05) is 6.42 Å². The highest BCUT2D eigenvalue weighted by molar-refractivity contribution is 5.94. The van der Waals surface area contributed by atoms with E-state index in [9.17, 15) is 9.59 Å². The summed E-state index contributed by atoms with van der Waals surface area (Å²) in [7, 11) is 0. The van der Waals surface area contributed by atoms with Gasteiger partial charge in [-0.3, -0.25) is 9.59 Å². The van der Waals surface area contributed by atoms with E-state index in [4.69, 9.17) is 0 Å². The first-order valence-corrected chi connectivity index (χ1v) is 3.37. The number of ketones is 1. The lowest BCUT2D eigenvalue weighted by atomic mass is 9.96. The molecular formula is C7H11NO2. The third-order valence-electron chi connectivity index (χ3n) is 2.04. The standard InChI is InChI=1S/C7H11NO2/c1-5(9)7(2)4-3-6(10)8-7/h3-4H2,1-2H3,(H,8,10). The first-order valence-electron chi connectivity index (χ1n) is 3.37. The van der Waals surface area contributed by atoms with Gasteiger partial charge in [0.1, 0.15) is 0 Å². The van der Waals surface area contributed by atoms with Gasteiger partial charge in [0.05, 0.1) is 5.54 Å². The second-order valence-electron chi connectivity index (χ2n) is 2.94. The zero-order chi connectivity index (χ0) is 7.78. The van der Waals surface area contributed by atoms with Crippen LogP contribution in [0.4, 0.5) is 0 Å². The summed E-state index contributed by atoms with van der Waals surface area (Å²) < 4.78 is 0. The fraction of sp³-hybridized carbons (Fsp3) is 0.714. The SMILES string of the molecule is CC(=O)C1(C)CCC(=O)N1. The number of amides is 1. The Labute approximate surface area is 59.8 Å². The van der Waals surface area contributed by atoms with Crippen molar-refractivity contribution < 1.29 is 9.59 Å². The maximum atomic E-state index is 10.9. The molecule has 0 aromatic rings. The van der Waals surface area contributed by atoms with E-state index >= 15 is 0 Å². The van der Waals surface area contributed by atoms with E-state index in [1.54, 1.807) is 6.92 Å². The highest BCUT2D eigenvalue weighted by Gasteiger charge is 2.36. The maximum absolute atomic E-state index is 10.9. The number of Topliss-reactive ketones (excluding diaryl/α,β-unsaturated/α-hetero) is 1. The third kappa shape index (κ3) is 1.03. The van der Waals surface area contributed by atoms with Crippen molar-refractivity contribution in [3.05, 3.63) is 0 Å². The summed E-state index contributed by atoms with van der Waals surface area (Å²) in [6.45, 7) is 3.27. The fourth-order valence-corrected chi connectivity index (χ4v) is 1.06. The topological polar surface area (TPSA) is 46.2 Å². The number of carbonyl (C=O) groups is 2. The lowest BCUT2D eigenvalue weighted by Crippen LogP contribution is -2.44. The van der Waals surface area contributed by atoms with Gasteiger partial charge in [0.25, 0.3) is 0 Å². The van der Waals surface area contributed by atoms with E-state index < -0.39 is 5.54 Å². The molecule has 0 spiro atoms. The number of rotatable bonds is 1. The van der Waals surface area contributed by atoms with Gasteiger partial charge >= 0.3 is 0 Å². The molecule has 56 valence electrons. The molecule has 1 saturated heterocycles. The van der Waals surface area contributed by atoms with Crippen LogP contribution in [-0.2, 0) is 9.59 Å². The summed E-state index contributed by atoms with van der Waals surface area (Å²) in [6.07, 6.45) is 1.12. The van der Waals surface area contributed by atoms with E-state index in [0.29, 0.717) is 12.8 Å². The van der Waals surface area contributed by atoms with Crippen LogP contribution < -0.4 is 5.32 Å². The molecule has 0 bridgehead atoms. The summed E-state index contributed by atoms with van der Waals surface area (Å²) in [5.74, 6) is 0.0241. The van der Waals surface area contributed by atoms with Crippen LogP contribution in [-0.4, -0.2) is 17.2 Å². The molecule has 0 radical (unpaired) electrons. The monoisotopic (exact) mass is 141 g/mol. The molecule has 0 aromatic carbocycles. The van der Waals surface area contributed by atoms with Crippen LogP contribution >= 0.6 is 0 Å². The Morgan fingerprint density at radius 2 is 2.30 bits per heavy atom. The molecule has 0 aliphatic carbocycles. The van der Waals surface area contributed by atoms with Crippen molar-refractivity contribution in [2.45, 2.75) is 32.2 Å². The lowest BCUT2D eigenvalue weighted by molar-refractivity contribution is -0.126. The molecule has 3 nitrogen and oxygen atoms in total. The molecule has 1 N–H and O–H groups in total. The Morgan fingerprint density at radius 1 is 1.70 bits per heavy atom. The highest BCUT2D eigenvalue weighted by atomic mass is 16.2. The van der Waals surface area contributed by atoms with Crippen LogP contribution in [0.25, 0.3) is 0 Å². The second kappa shape index (κ2) is 2.08. The molecule has 1 atom stereocenters. The average molecular weight is 141 g/mol. The Morgan fingerprint density at radius 3 is 2.50 bits per heavy atom. The van der Waals surface area contributed by atoms with E-state index in [0.717, 1.165) is 0 Å². The van der Waals surface area contributed by atoms with E-state index in [2.05, 4.69) is 5.32 Å². The molecular weight excluding hydrogens is 130 g/mol. The largest absolute Gasteiger partial charge is 0.344 e. The van der Waals surface area contributed by atoms with Gasteiger partial charge in [-0.2, -0.15) is 0 Å². The minimum Gasteiger partial charge on any atom is -0.344 e. The van der Waals surface area contributed by atoms with Crippen LogP contribution in [0.1, 0.15) is 26.7 Å². The van der Waals surface area contributed by atoms with E-state index in [1.165, 1.54) is 6.92 Å². The summed E-state index contributed by atoms with van der Waals surface area (Å²) in [5, 5.41) is 2.64. The zero-order valence-corrected chi connectivity index (χ0v) is 6.23. The Balaban J connectivity index is 2.72. The molecule has 1 amide bonds. The Kier molecular flexibility index (Phi) is 1.50. The number of carbonyl (C=O) groups excluding carboxylic acids is 2. The minimum atomic E-state index is -0.572. The molecule has 1 aliphatic rings. The lowest BCUT2D eigenvalue weighted by Gasteiger charge is -2.19. The molecule has 3 heteroatoms. The minimum absolute atomic E-state index is 0.0160. The van der Waals surface area contributed by atoms with Gasteiger partial charge in [0.2, 0.25) is 5.91 Å². The number of hydrogen-bond donors (Lipinski definition) is 1. The molecule has 1 unspecified atom stereocenters. The average Bonchev–Trinajstić information content (AvgIpc) is 2.13. The van der Waals surface area contributed by atoms with Crippen molar-refractivity contribution in [3.8, 4) is 0 Å². The third-order valence-corrected chi connectivity index (χ3v) is 2.04. The van der Waals surface area contributed by atoms with Crippen LogP contribution in [0.3, 0.4) is 0 Å². The smallest absolute Gasteiger partial charge is 0.220 e. The normalized spacial score (nSPS) is 32.0. The van der Waals surface area contributed by atoms with Crippen LogP contribution in [0.15, 0.2) is 0 Å². The van der Waals surface area contributed by atoms with Crippen molar-refractivity contribution in [2.24, 2.45) is 0 Å². The van der Waals surface area contributed by atoms with Gasteiger partial charge in [-0.1, -0.05) is 0 Å². The van der Waals surface area contributed by atoms with Gasteiger partial charge in [0.15, 0.2) is 5.78 Å². The summed E-state index contributed by atoms with van der Waals surface area (Å²) >= 11 is 0. The first-order chi connectivity index (χ1) is 4.54. The first kappa shape index (κ1) is 7.25. The quantitative estimate of drug-likeness (QED) is 0.568. The van der Waals surface area contributed by atoms with Crippen molar-refractivity contribution in [2.75, 3.05) is 0 Å². The summed E-state index contributed by atoms with van der Waals surface area (Å²) in [6, 6.07) is 0. The molecule has 1 fully saturated rings. The Bertz CT molecular complexity index is 188. The summed E-state index contributed by atoms with van der Waals surface area (Å²) in [4.78, 5) is 21.6. The van der Waals surface area contributed by atoms with Crippen LogP contribution in [0.5, 0.6) is 0 Å². The van der Waals surface area contributed by atoms with Crippen LogP contribution in [0, 0.1) is 0 Å². The second-order valence-corrected chi connectivity index (χ2v) is 2.94. The molecule has 10 heavy (non-hydrogen) atoms. The maximum Gasteiger partial charge on any atom is 0.220 e. The van der Waals surface area contributed by atoms with E-state index in [-0.39, 0.29) is 11.7 Å². The number of hydrogen-bond acceptors (Lipinski definition) is 2. The fourth-order valence-electron chi connectivity index (χ4n) is 1.06. The van der Waals surface area contributed by atoms with Crippen molar-refractivity contribution in [3.63, 3.8) is 0 Å². The highest BCUT2D eigenvalue weighted by Crippen LogP contribution is 2.19. The predicted molar refractivity (Wildman–Crippen MR) is 36.5 cm³/mol. The molecule has 1 rings (SSSR count). The van der Waals surface area contributed by atoms with Crippen molar-refractivity contribution in [1.29, 1.82) is 0 Å². The Hall–Kier alpha value is -0.860. The predicted octanol–water partition coefficient (Wildman–Crippen LogP) is 0.244. The van der Waals surface area contributed by atoms with Crippen LogP contribution in [0.2, 0.25) is 0 Å².